The molecule has 2 radical (unpaired) electrons. The van der Waals surface area contributed by atoms with Crippen molar-refractivity contribution in [3.63, 3.8) is 0 Å². The van der Waals surface area contributed by atoms with Gasteiger partial charge in [-0.25, -0.2) is 0 Å². The van der Waals surface area contributed by atoms with Gasteiger partial charge in [0, 0.05) is 0 Å². The number of hydrogen-bond donors (Lipinski definition) is 0. The molecule has 0 aromatic carbocycles. The second kappa shape index (κ2) is 96.8. The Bertz CT molecular complexity index is 4.85. The molecule has 3 nitrogen and oxygen atoms in total. The fourth-order valence-corrected chi connectivity index (χ4v) is 0. The summed E-state index contributed by atoms with van der Waals surface area (Å²) in [6.45, 7) is 0. The zero-order valence-electron chi connectivity index (χ0n) is 1.86. The predicted molar refractivity (Wildman–Crippen MR) is 2.06 cm³/mol. The van der Waals surface area contributed by atoms with Gasteiger partial charge in [0.15, 0.2) is 0 Å². The third-order valence-corrected chi connectivity index (χ3v) is 0. The van der Waals surface area contributed by atoms with Crippen molar-refractivity contribution in [1.82, 2.24) is 0 Å². The van der Waals surface area contributed by atoms with Crippen molar-refractivity contribution >= 4 is 0 Å². The molecule has 0 aliphatic heterocycles. The average Bonchev–Trinajstić information content (AvgIpc) is 0. The van der Waals surface area contributed by atoms with Crippen LogP contribution in [-0.2, 0) is 49.4 Å². The summed E-state index contributed by atoms with van der Waals surface area (Å²) in [5, 5.41) is 0. The second-order valence-corrected chi connectivity index (χ2v) is 0. The Morgan fingerprint density at radius 1 is 0.400 bits per heavy atom. The molecule has 38 valence electrons. The van der Waals surface area contributed by atoms with Gasteiger partial charge in [-0.15, -0.1) is 0 Å². The normalized spacial score (nSPS) is 0. The van der Waals surface area contributed by atoms with Crippen LogP contribution in [0.5, 0.6) is 0 Å². The van der Waals surface area contributed by atoms with Gasteiger partial charge < -0.3 is 16.4 Å². The monoisotopic (exact) mass is 164 g/mol. The fourth-order valence-electron chi connectivity index (χ4n) is 0. The van der Waals surface area contributed by atoms with Gasteiger partial charge in [-0.1, -0.05) is 0 Å². The molecule has 0 unspecified atom stereocenters. The summed E-state index contributed by atoms with van der Waals surface area (Å²) < 4.78 is 0. The van der Waals surface area contributed by atoms with Crippen molar-refractivity contribution in [2.45, 2.75) is 0 Å². The van der Waals surface area contributed by atoms with Crippen LogP contribution in [0.15, 0.2) is 0 Å². The van der Waals surface area contributed by atoms with Crippen molar-refractivity contribution in [2.75, 3.05) is 0 Å². The number of hydrogen-bond acceptors (Lipinski definition) is 0. The molecule has 0 aromatic rings. The minimum absolute atomic E-state index is 0. The first-order chi connectivity index (χ1) is 0. The molecule has 0 aromatic heterocycles. The quantitative estimate of drug-likeness (QED) is 0.439. The Balaban J connectivity index is 0. The third kappa shape index (κ3) is 53.2. The van der Waals surface area contributed by atoms with E-state index in [1.807, 2.05) is 0 Å². The van der Waals surface area contributed by atoms with Crippen molar-refractivity contribution < 1.29 is 49.4 Å². The van der Waals surface area contributed by atoms with Crippen LogP contribution in [0.25, 0.3) is 0 Å². The fraction of sp³-hybridized carbons (Fsp3) is 0. The van der Waals surface area contributed by atoms with Crippen LogP contribution in [0.2, 0.25) is 0 Å². The van der Waals surface area contributed by atoms with Crippen molar-refractivity contribution in [3.05, 3.63) is 0 Å². The van der Waals surface area contributed by atoms with Crippen molar-refractivity contribution in [1.29, 1.82) is 0 Å². The van der Waals surface area contributed by atoms with E-state index < -0.39 is 0 Å². The maximum absolute atomic E-state index is 0. The smallest absolute Gasteiger partial charge is 2.00 e. The van der Waals surface area contributed by atoms with Gasteiger partial charge in [0.25, 0.3) is 0 Å². The van der Waals surface area contributed by atoms with Crippen LogP contribution in [0.4, 0.5) is 0 Å². The summed E-state index contributed by atoms with van der Waals surface area (Å²) in [6.07, 6.45) is 0. The van der Waals surface area contributed by atoms with Gasteiger partial charge in [-0.3, -0.25) is 0 Å². The van der Waals surface area contributed by atoms with E-state index in [1.54, 1.807) is 0 Å². The standard InChI is InChI=1S/2Ni.3O/q2*+3;3*-2. The summed E-state index contributed by atoms with van der Waals surface area (Å²) in [5.74, 6) is 0. The Hall–Kier alpha value is 0.867. The predicted octanol–water partition coefficient (Wildman–Crippen LogP) is -0.361. The Labute approximate surface area is 49.9 Å². The molecule has 0 N–H and O–H groups in total. The van der Waals surface area contributed by atoms with E-state index in [0.29, 0.717) is 0 Å². The molecule has 0 amide bonds. The van der Waals surface area contributed by atoms with E-state index in [0.717, 1.165) is 0 Å². The van der Waals surface area contributed by atoms with Gasteiger partial charge in [0.1, 0.15) is 0 Å². The van der Waals surface area contributed by atoms with Crippen LogP contribution < -0.4 is 0 Å². The molecular formula is Ni2O3. The number of rotatable bonds is 0. The van der Waals surface area contributed by atoms with E-state index >= 15 is 0 Å². The molecule has 5 heavy (non-hydrogen) atoms. The van der Waals surface area contributed by atoms with Crippen molar-refractivity contribution in [3.8, 4) is 0 Å². The van der Waals surface area contributed by atoms with Gasteiger partial charge in [0.05, 0.1) is 0 Å². The molecule has 0 atom stereocenters. The molecule has 5 heteroatoms. The SMILES string of the molecule is [Ni+3].[Ni+3].[O-2].[O-2].[O-2]. The first kappa shape index (κ1) is 185. The van der Waals surface area contributed by atoms with Gasteiger partial charge in [-0.05, 0) is 0 Å². The average molecular weight is 165 g/mol. The first-order valence-electron chi connectivity index (χ1n) is 0. The largest absolute Gasteiger partial charge is 3.00 e. The Morgan fingerprint density at radius 3 is 0.400 bits per heavy atom. The third-order valence-electron chi connectivity index (χ3n) is 0. The molecule has 0 rings (SSSR count). The zero-order valence-corrected chi connectivity index (χ0v) is 3.83. The molecule has 0 spiro atoms. The van der Waals surface area contributed by atoms with E-state index in [4.69, 9.17) is 0 Å². The molecule has 0 saturated carbocycles. The minimum Gasteiger partial charge on any atom is -2.00 e. The van der Waals surface area contributed by atoms with Crippen LogP contribution in [-0.4, -0.2) is 0 Å². The van der Waals surface area contributed by atoms with E-state index in [9.17, 15) is 0 Å². The summed E-state index contributed by atoms with van der Waals surface area (Å²) in [4.78, 5) is 0. The van der Waals surface area contributed by atoms with Gasteiger partial charge >= 0.3 is 33.0 Å². The minimum atomic E-state index is 0. The molecule has 0 aliphatic carbocycles. The second-order valence-electron chi connectivity index (χ2n) is 0. The summed E-state index contributed by atoms with van der Waals surface area (Å²) in [6, 6.07) is 0. The molecule has 0 bridgehead atoms. The first-order valence-corrected chi connectivity index (χ1v) is 0. The van der Waals surface area contributed by atoms with Crippen molar-refractivity contribution in [2.24, 2.45) is 0 Å². The zero-order chi connectivity index (χ0) is 0. The molecule has 0 fully saturated rings. The maximum Gasteiger partial charge on any atom is 3.00 e. The van der Waals surface area contributed by atoms with Crippen LogP contribution in [0.3, 0.4) is 0 Å². The molecule has 0 aliphatic rings. The van der Waals surface area contributed by atoms with E-state index in [2.05, 4.69) is 0 Å². The van der Waals surface area contributed by atoms with Gasteiger partial charge in [0.2, 0.25) is 0 Å². The van der Waals surface area contributed by atoms with Gasteiger partial charge in [-0.2, -0.15) is 0 Å². The Morgan fingerprint density at radius 2 is 0.400 bits per heavy atom. The molecule has 0 saturated heterocycles. The van der Waals surface area contributed by atoms with Crippen LogP contribution >= 0.6 is 0 Å². The summed E-state index contributed by atoms with van der Waals surface area (Å²) in [7, 11) is 0. The van der Waals surface area contributed by atoms with E-state index in [1.165, 1.54) is 0 Å². The van der Waals surface area contributed by atoms with Crippen LogP contribution in [0, 0.1) is 0 Å². The summed E-state index contributed by atoms with van der Waals surface area (Å²) >= 11 is 0. The molecule has 0 heterocycles. The van der Waals surface area contributed by atoms with E-state index in [-0.39, 0.29) is 49.4 Å². The topological polar surface area (TPSA) is 85.5 Å². The van der Waals surface area contributed by atoms with Crippen LogP contribution in [0.1, 0.15) is 0 Å². The Kier molecular flexibility index (Phi) is 3580. The maximum atomic E-state index is 0. The molecular weight excluding hydrogens is 165 g/mol. The summed E-state index contributed by atoms with van der Waals surface area (Å²) in [5.41, 5.74) is 0.